The predicted octanol–water partition coefficient (Wildman–Crippen LogP) is 5.48. The third-order valence-electron chi connectivity index (χ3n) is 7.56. The Morgan fingerprint density at radius 3 is 2.85 bits per heavy atom. The summed E-state index contributed by atoms with van der Waals surface area (Å²) < 4.78 is 17.1. The van der Waals surface area contributed by atoms with Crippen molar-refractivity contribution in [1.82, 2.24) is 45.0 Å². The molecule has 0 atom stereocenters. The van der Waals surface area contributed by atoms with Crippen LogP contribution in [0.15, 0.2) is 55.4 Å². The van der Waals surface area contributed by atoms with Gasteiger partial charge in [-0.3, -0.25) is 14.6 Å². The summed E-state index contributed by atoms with van der Waals surface area (Å²) in [6.45, 7) is 3.65. The summed E-state index contributed by atoms with van der Waals surface area (Å²) in [5.74, 6) is 1.67. The summed E-state index contributed by atoms with van der Waals surface area (Å²) >= 11 is 0. The van der Waals surface area contributed by atoms with E-state index >= 15 is 4.39 Å². The Bertz CT molecular complexity index is 1790. The van der Waals surface area contributed by atoms with E-state index in [2.05, 4.69) is 35.5 Å². The van der Waals surface area contributed by atoms with Crippen LogP contribution in [0, 0.1) is 18.7 Å². The molecule has 1 aliphatic rings. The number of benzene rings is 1. The number of imidazole rings is 2. The lowest BCUT2D eigenvalue weighted by molar-refractivity contribution is 0.489. The minimum Gasteiger partial charge on any atom is -0.336 e. The number of nitrogens with one attached hydrogen (secondary N) is 3. The monoisotopic (exact) mass is 521 g/mol. The Labute approximate surface area is 223 Å². The Balaban J connectivity index is 1.23. The molecule has 0 unspecified atom stereocenters. The van der Waals surface area contributed by atoms with Gasteiger partial charge in [-0.05, 0) is 56.0 Å². The maximum Gasteiger partial charge on any atom is 0.166 e. The van der Waals surface area contributed by atoms with Crippen molar-refractivity contribution in [3.05, 3.63) is 72.5 Å². The second kappa shape index (κ2) is 9.70. The first kappa shape index (κ1) is 23.7. The second-order valence-electron chi connectivity index (χ2n) is 10.4. The van der Waals surface area contributed by atoms with Crippen molar-refractivity contribution >= 4 is 21.9 Å². The van der Waals surface area contributed by atoms with E-state index in [0.717, 1.165) is 40.2 Å². The van der Waals surface area contributed by atoms with Crippen molar-refractivity contribution < 1.29 is 4.39 Å². The van der Waals surface area contributed by atoms with Gasteiger partial charge in [0.2, 0.25) is 0 Å². The van der Waals surface area contributed by atoms with Gasteiger partial charge in [0.15, 0.2) is 11.6 Å². The molecule has 1 fully saturated rings. The van der Waals surface area contributed by atoms with Gasteiger partial charge in [-0.1, -0.05) is 12.8 Å². The highest BCUT2D eigenvalue weighted by Gasteiger charge is 2.19. The number of aromatic nitrogens is 8. The van der Waals surface area contributed by atoms with Crippen LogP contribution < -0.4 is 5.32 Å². The number of nitrogens with zero attached hydrogens (tertiary/aromatic N) is 6. The van der Waals surface area contributed by atoms with Crippen LogP contribution >= 0.6 is 0 Å². The molecule has 9 nitrogen and oxygen atoms in total. The van der Waals surface area contributed by atoms with Gasteiger partial charge in [-0.25, -0.2) is 19.3 Å². The van der Waals surface area contributed by atoms with E-state index in [1.165, 1.54) is 31.7 Å². The molecule has 39 heavy (non-hydrogen) atoms. The predicted molar refractivity (Wildman–Crippen MR) is 148 cm³/mol. The Kier molecular flexibility index (Phi) is 5.89. The molecule has 0 aliphatic heterocycles. The molecule has 1 aromatic carbocycles. The van der Waals surface area contributed by atoms with Crippen LogP contribution in [-0.4, -0.2) is 46.2 Å². The number of hydrogen-bond acceptors (Lipinski definition) is 6. The van der Waals surface area contributed by atoms with E-state index in [-0.39, 0.29) is 5.82 Å². The van der Waals surface area contributed by atoms with Crippen LogP contribution in [0.5, 0.6) is 0 Å². The van der Waals surface area contributed by atoms with E-state index in [1.807, 2.05) is 42.1 Å². The fourth-order valence-corrected chi connectivity index (χ4v) is 5.57. The molecule has 1 aliphatic carbocycles. The molecule has 0 amide bonds. The molecule has 7 rings (SSSR count). The fourth-order valence-electron chi connectivity index (χ4n) is 5.57. The molecule has 0 radical (unpaired) electrons. The minimum atomic E-state index is -0.331. The molecule has 6 aromatic rings. The largest absolute Gasteiger partial charge is 0.336 e. The molecule has 5 heterocycles. The number of H-pyrrole nitrogens is 2. The van der Waals surface area contributed by atoms with Crippen LogP contribution in [0.25, 0.3) is 50.4 Å². The van der Waals surface area contributed by atoms with Gasteiger partial charge >= 0.3 is 0 Å². The molecule has 0 bridgehead atoms. The van der Waals surface area contributed by atoms with Crippen LogP contribution in [0.1, 0.15) is 36.9 Å². The van der Waals surface area contributed by atoms with Crippen LogP contribution in [0.4, 0.5) is 4.39 Å². The van der Waals surface area contributed by atoms with Crippen molar-refractivity contribution in [2.75, 3.05) is 6.54 Å². The van der Waals surface area contributed by atoms with Gasteiger partial charge in [-0.2, -0.15) is 5.10 Å². The number of hydrogen-bond donors (Lipinski definition) is 3. The summed E-state index contributed by atoms with van der Waals surface area (Å²) in [5.41, 5.74) is 5.85. The summed E-state index contributed by atoms with van der Waals surface area (Å²) in [5, 5.41) is 11.8. The van der Waals surface area contributed by atoms with Crippen molar-refractivity contribution in [2.24, 2.45) is 5.92 Å². The third-order valence-corrected chi connectivity index (χ3v) is 7.56. The average Bonchev–Trinajstić information content (AvgIpc) is 3.74. The highest BCUT2D eigenvalue weighted by atomic mass is 19.1. The minimum absolute atomic E-state index is 0.331. The average molecular weight is 522 g/mol. The molecule has 196 valence electrons. The number of pyridine rings is 2. The number of aryl methyl sites for hydroxylation is 1. The van der Waals surface area contributed by atoms with E-state index < -0.39 is 0 Å². The molecular formula is C29H28FN9. The summed E-state index contributed by atoms with van der Waals surface area (Å²) in [4.78, 5) is 21.4. The van der Waals surface area contributed by atoms with Gasteiger partial charge < -0.3 is 10.3 Å². The van der Waals surface area contributed by atoms with Crippen molar-refractivity contribution in [1.29, 1.82) is 0 Å². The van der Waals surface area contributed by atoms with Crippen LogP contribution in [-0.2, 0) is 6.54 Å². The van der Waals surface area contributed by atoms with E-state index in [1.54, 1.807) is 18.7 Å². The molecule has 10 heteroatoms. The Hall–Kier alpha value is -4.44. The SMILES string of the molecule is Cc1cn(-c2nccc3[nH]c(-c4n[nH]c5cc(F)c(-c6cncc(CNCC7CCCC7)c6)cc45)nc23)cn1. The Morgan fingerprint density at radius 2 is 2.00 bits per heavy atom. The van der Waals surface area contributed by atoms with Gasteiger partial charge in [0.25, 0.3) is 0 Å². The van der Waals surface area contributed by atoms with Gasteiger partial charge in [0.05, 0.1) is 16.7 Å². The van der Waals surface area contributed by atoms with Crippen LogP contribution in [0.2, 0.25) is 0 Å². The van der Waals surface area contributed by atoms with Crippen molar-refractivity contribution in [3.63, 3.8) is 0 Å². The normalized spacial score (nSPS) is 14.2. The second-order valence-corrected chi connectivity index (χ2v) is 10.4. The number of aromatic amines is 2. The van der Waals surface area contributed by atoms with Crippen molar-refractivity contribution in [2.45, 2.75) is 39.2 Å². The van der Waals surface area contributed by atoms with Gasteiger partial charge in [0, 0.05) is 53.9 Å². The molecule has 5 aromatic heterocycles. The Morgan fingerprint density at radius 1 is 1.10 bits per heavy atom. The van der Waals surface area contributed by atoms with E-state index in [0.29, 0.717) is 40.5 Å². The van der Waals surface area contributed by atoms with Gasteiger partial charge in [-0.15, -0.1) is 0 Å². The van der Waals surface area contributed by atoms with E-state index in [4.69, 9.17) is 4.98 Å². The number of fused-ring (bicyclic) bond motifs is 2. The first-order valence-corrected chi connectivity index (χ1v) is 13.3. The summed E-state index contributed by atoms with van der Waals surface area (Å²) in [6, 6.07) is 7.18. The highest BCUT2D eigenvalue weighted by molar-refractivity contribution is 5.96. The van der Waals surface area contributed by atoms with Gasteiger partial charge in [0.1, 0.15) is 23.4 Å². The maximum atomic E-state index is 15.3. The molecule has 0 saturated heterocycles. The molecule has 0 spiro atoms. The smallest absolute Gasteiger partial charge is 0.166 e. The standard InChI is InChI=1S/C29H28FN9/c1-17-15-39(16-34-17)29-27-24(6-7-33-29)35-28(36-27)26-22-9-21(23(30)10-25(22)37-38-26)20-8-19(13-32-14-20)12-31-11-18-4-2-3-5-18/h6-10,13-16,18,31H,2-5,11-12H2,1H3,(H,35,36)(H,37,38). The van der Waals surface area contributed by atoms with Crippen molar-refractivity contribution in [3.8, 4) is 28.5 Å². The third kappa shape index (κ3) is 4.46. The molecule has 3 N–H and O–H groups in total. The number of halogens is 1. The van der Waals surface area contributed by atoms with Crippen LogP contribution in [0.3, 0.4) is 0 Å². The topological polar surface area (TPSA) is 113 Å². The molecule has 1 saturated carbocycles. The zero-order valence-corrected chi connectivity index (χ0v) is 21.6. The lowest BCUT2D eigenvalue weighted by Crippen LogP contribution is -2.20. The lowest BCUT2D eigenvalue weighted by Gasteiger charge is -2.11. The fraction of sp³-hybridized carbons (Fsp3) is 0.276. The van der Waals surface area contributed by atoms with E-state index in [9.17, 15) is 0 Å². The zero-order chi connectivity index (χ0) is 26.3. The zero-order valence-electron chi connectivity index (χ0n) is 21.6. The summed E-state index contributed by atoms with van der Waals surface area (Å²) in [6.07, 6.45) is 14.2. The highest BCUT2D eigenvalue weighted by Crippen LogP contribution is 2.33. The first-order valence-electron chi connectivity index (χ1n) is 13.3. The molecular weight excluding hydrogens is 493 g/mol. The summed E-state index contributed by atoms with van der Waals surface area (Å²) in [7, 11) is 0. The first-order chi connectivity index (χ1) is 19.1. The maximum absolute atomic E-state index is 15.3. The quantitative estimate of drug-likeness (QED) is 0.257. The lowest BCUT2D eigenvalue weighted by atomic mass is 10.0. The number of rotatable bonds is 7.